The van der Waals surface area contributed by atoms with E-state index in [1.807, 2.05) is 7.05 Å². The van der Waals surface area contributed by atoms with Crippen molar-refractivity contribution in [1.82, 2.24) is 19.6 Å². The van der Waals surface area contributed by atoms with Crippen LogP contribution in [0.25, 0.3) is 0 Å². The molecule has 0 aromatic carbocycles. The summed E-state index contributed by atoms with van der Waals surface area (Å²) in [5.74, 6) is -0.0604. The Morgan fingerprint density at radius 1 is 1.45 bits per heavy atom. The quantitative estimate of drug-likeness (QED) is 0.589. The minimum atomic E-state index is -0.520. The summed E-state index contributed by atoms with van der Waals surface area (Å²) in [4.78, 5) is 26.3. The molecule has 0 N–H and O–H groups in total. The Hall–Kier alpha value is -1.96. The summed E-state index contributed by atoms with van der Waals surface area (Å²) in [5, 5.41) is 14.4. The number of hydrogen-bond donors (Lipinski definition) is 0. The van der Waals surface area contributed by atoms with Gasteiger partial charge in [0.25, 0.3) is 0 Å². The highest BCUT2D eigenvalue weighted by molar-refractivity contribution is 5.76. The molecular weight excluding hydrogens is 262 g/mol. The lowest BCUT2D eigenvalue weighted by Crippen LogP contribution is -2.56. The standard InChI is InChI=1S/C12H19N5O3/c1-9-5-15(6-10(2)14(9)3)12(18)8-16-7-11(4-13-16)17(19)20/h4,7,9-10H,5-6,8H2,1-3H3/t9-,10+. The fraction of sp³-hybridized carbons (Fsp3) is 0.667. The zero-order valence-electron chi connectivity index (χ0n) is 11.9. The average Bonchev–Trinajstić information content (AvgIpc) is 2.84. The van der Waals surface area contributed by atoms with Crippen LogP contribution in [0.2, 0.25) is 0 Å². The average molecular weight is 281 g/mol. The molecule has 1 aliphatic rings. The molecule has 1 aromatic heterocycles. The molecule has 2 atom stereocenters. The lowest BCUT2D eigenvalue weighted by Gasteiger charge is -2.42. The Morgan fingerprint density at radius 2 is 2.05 bits per heavy atom. The number of piperazine rings is 1. The number of hydrogen-bond acceptors (Lipinski definition) is 5. The van der Waals surface area contributed by atoms with Crippen molar-refractivity contribution in [3.8, 4) is 0 Å². The van der Waals surface area contributed by atoms with Crippen molar-refractivity contribution >= 4 is 11.6 Å². The van der Waals surface area contributed by atoms with Gasteiger partial charge in [0.15, 0.2) is 0 Å². The second-order valence-electron chi connectivity index (χ2n) is 5.32. The van der Waals surface area contributed by atoms with Crippen LogP contribution in [0.1, 0.15) is 13.8 Å². The highest BCUT2D eigenvalue weighted by Gasteiger charge is 2.29. The number of rotatable bonds is 3. The first-order valence-corrected chi connectivity index (χ1v) is 6.55. The Bertz CT molecular complexity index is 503. The minimum absolute atomic E-state index is 0.0387. The molecule has 0 radical (unpaired) electrons. The normalized spacial score (nSPS) is 23.9. The third kappa shape index (κ3) is 2.96. The third-order valence-corrected chi connectivity index (χ3v) is 3.84. The van der Waals surface area contributed by atoms with Crippen LogP contribution in [0.15, 0.2) is 12.4 Å². The summed E-state index contributed by atoms with van der Waals surface area (Å²) >= 11 is 0. The molecule has 8 heteroatoms. The molecule has 8 nitrogen and oxygen atoms in total. The van der Waals surface area contributed by atoms with Gasteiger partial charge in [0.1, 0.15) is 18.9 Å². The molecule has 2 rings (SSSR count). The number of nitrogens with zero attached hydrogens (tertiary/aromatic N) is 5. The van der Waals surface area contributed by atoms with Crippen LogP contribution in [-0.2, 0) is 11.3 Å². The van der Waals surface area contributed by atoms with E-state index in [1.54, 1.807) is 4.90 Å². The lowest BCUT2D eigenvalue weighted by atomic mass is 10.1. The maximum atomic E-state index is 12.2. The van der Waals surface area contributed by atoms with Crippen LogP contribution in [0.4, 0.5) is 5.69 Å². The van der Waals surface area contributed by atoms with Crippen molar-refractivity contribution in [3.05, 3.63) is 22.5 Å². The first kappa shape index (κ1) is 14.4. The van der Waals surface area contributed by atoms with Crippen LogP contribution < -0.4 is 0 Å². The van der Waals surface area contributed by atoms with E-state index in [9.17, 15) is 14.9 Å². The predicted octanol–water partition coefficient (Wildman–Crippen LogP) is 0.342. The van der Waals surface area contributed by atoms with Gasteiger partial charge in [0, 0.05) is 25.2 Å². The number of carbonyl (C=O) groups is 1. The van der Waals surface area contributed by atoms with Gasteiger partial charge in [-0.15, -0.1) is 0 Å². The van der Waals surface area contributed by atoms with Crippen LogP contribution >= 0.6 is 0 Å². The van der Waals surface area contributed by atoms with Gasteiger partial charge in [0.2, 0.25) is 5.91 Å². The summed E-state index contributed by atoms with van der Waals surface area (Å²) < 4.78 is 1.31. The summed E-state index contributed by atoms with van der Waals surface area (Å²) in [6, 6.07) is 0.601. The molecular formula is C12H19N5O3. The van der Waals surface area contributed by atoms with E-state index < -0.39 is 4.92 Å². The Labute approximate surface area is 117 Å². The third-order valence-electron chi connectivity index (χ3n) is 3.84. The molecule has 110 valence electrons. The van der Waals surface area contributed by atoms with Crippen LogP contribution in [0.5, 0.6) is 0 Å². The fourth-order valence-corrected chi connectivity index (χ4v) is 2.38. The van der Waals surface area contributed by atoms with E-state index >= 15 is 0 Å². The molecule has 20 heavy (non-hydrogen) atoms. The Balaban J connectivity index is 1.99. The van der Waals surface area contributed by atoms with Gasteiger partial charge in [-0.25, -0.2) is 0 Å². The Morgan fingerprint density at radius 3 is 2.55 bits per heavy atom. The molecule has 0 aliphatic carbocycles. The van der Waals surface area contributed by atoms with Gasteiger partial charge in [0.05, 0.1) is 4.92 Å². The molecule has 0 bridgehead atoms. The molecule has 0 spiro atoms. The molecule has 1 saturated heterocycles. The smallest absolute Gasteiger partial charge is 0.307 e. The maximum absolute atomic E-state index is 12.2. The first-order valence-electron chi connectivity index (χ1n) is 6.55. The fourth-order valence-electron chi connectivity index (χ4n) is 2.38. The maximum Gasteiger partial charge on any atom is 0.307 e. The molecule has 0 unspecified atom stereocenters. The number of amides is 1. The molecule has 1 aromatic rings. The van der Waals surface area contributed by atoms with Crippen molar-refractivity contribution < 1.29 is 9.72 Å². The highest BCUT2D eigenvalue weighted by Crippen LogP contribution is 2.14. The zero-order chi connectivity index (χ0) is 14.9. The van der Waals surface area contributed by atoms with Crippen molar-refractivity contribution in [2.75, 3.05) is 20.1 Å². The van der Waals surface area contributed by atoms with Crippen molar-refractivity contribution in [1.29, 1.82) is 0 Å². The molecule has 0 saturated carbocycles. The Kier molecular flexibility index (Phi) is 4.03. The highest BCUT2D eigenvalue weighted by atomic mass is 16.6. The molecule has 1 fully saturated rings. The summed E-state index contributed by atoms with van der Waals surface area (Å²) in [6.07, 6.45) is 2.43. The van der Waals surface area contributed by atoms with E-state index in [-0.39, 0.29) is 18.1 Å². The van der Waals surface area contributed by atoms with E-state index in [0.29, 0.717) is 25.2 Å². The van der Waals surface area contributed by atoms with E-state index in [1.165, 1.54) is 10.9 Å². The van der Waals surface area contributed by atoms with Crippen molar-refractivity contribution in [2.45, 2.75) is 32.5 Å². The number of carbonyl (C=O) groups excluding carboxylic acids is 1. The summed E-state index contributed by atoms with van der Waals surface area (Å²) in [5.41, 5.74) is -0.0992. The second kappa shape index (κ2) is 5.58. The molecule has 1 amide bonds. The van der Waals surface area contributed by atoms with Crippen LogP contribution in [0, 0.1) is 10.1 Å². The van der Waals surface area contributed by atoms with Gasteiger partial charge in [-0.3, -0.25) is 24.5 Å². The minimum Gasteiger partial charge on any atom is -0.338 e. The van der Waals surface area contributed by atoms with E-state index in [0.717, 1.165) is 6.20 Å². The monoisotopic (exact) mass is 281 g/mol. The van der Waals surface area contributed by atoms with Gasteiger partial charge >= 0.3 is 5.69 Å². The number of nitro groups is 1. The second-order valence-corrected chi connectivity index (χ2v) is 5.32. The molecule has 1 aliphatic heterocycles. The van der Waals surface area contributed by atoms with Crippen molar-refractivity contribution in [3.63, 3.8) is 0 Å². The van der Waals surface area contributed by atoms with Gasteiger partial charge in [-0.1, -0.05) is 0 Å². The number of likely N-dealkylation sites (N-methyl/N-ethyl adjacent to an activating group) is 1. The number of aromatic nitrogens is 2. The zero-order valence-corrected chi connectivity index (χ0v) is 11.9. The summed E-state index contributed by atoms with van der Waals surface area (Å²) in [7, 11) is 2.05. The first-order chi connectivity index (χ1) is 9.38. The van der Waals surface area contributed by atoms with Gasteiger partial charge < -0.3 is 4.90 Å². The van der Waals surface area contributed by atoms with E-state index in [2.05, 4.69) is 23.8 Å². The van der Waals surface area contributed by atoms with Crippen LogP contribution in [0.3, 0.4) is 0 Å². The van der Waals surface area contributed by atoms with Crippen molar-refractivity contribution in [2.24, 2.45) is 0 Å². The van der Waals surface area contributed by atoms with Gasteiger partial charge in [-0.05, 0) is 20.9 Å². The van der Waals surface area contributed by atoms with Gasteiger partial charge in [-0.2, -0.15) is 5.10 Å². The molecule has 2 heterocycles. The SMILES string of the molecule is C[C@@H]1CN(C(=O)Cn2cc([N+](=O)[O-])cn2)C[C@H](C)N1C. The topological polar surface area (TPSA) is 84.5 Å². The largest absolute Gasteiger partial charge is 0.338 e. The predicted molar refractivity (Wildman–Crippen MR) is 72.1 cm³/mol. The van der Waals surface area contributed by atoms with Crippen LogP contribution in [-0.4, -0.2) is 62.6 Å². The lowest BCUT2D eigenvalue weighted by molar-refractivity contribution is -0.385. The summed E-state index contributed by atoms with van der Waals surface area (Å²) in [6.45, 7) is 5.53. The van der Waals surface area contributed by atoms with E-state index in [4.69, 9.17) is 0 Å².